The van der Waals surface area contributed by atoms with Crippen molar-refractivity contribution in [1.29, 1.82) is 0 Å². The Bertz CT molecular complexity index is 303. The second kappa shape index (κ2) is 4.11. The van der Waals surface area contributed by atoms with Crippen LogP contribution in [0.5, 0.6) is 0 Å². The van der Waals surface area contributed by atoms with Crippen molar-refractivity contribution in [3.8, 4) is 0 Å². The van der Waals surface area contributed by atoms with Gasteiger partial charge in [0.2, 0.25) is 0 Å². The number of hydrogen-bond donors (Lipinski definition) is 2. The molecule has 1 aromatic carbocycles. The molecule has 1 aliphatic carbocycles. The van der Waals surface area contributed by atoms with E-state index in [4.69, 9.17) is 5.73 Å². The van der Waals surface area contributed by atoms with Gasteiger partial charge in [0.05, 0.1) is 0 Å². The smallest absolute Gasteiger partial charge is 0.0210 e. The van der Waals surface area contributed by atoms with E-state index in [0.717, 1.165) is 19.4 Å². The van der Waals surface area contributed by atoms with Gasteiger partial charge in [-0.05, 0) is 30.9 Å². The Morgan fingerprint density at radius 1 is 1.36 bits per heavy atom. The molecule has 1 aliphatic rings. The van der Waals surface area contributed by atoms with Crippen LogP contribution in [0.4, 0.5) is 0 Å². The summed E-state index contributed by atoms with van der Waals surface area (Å²) in [5, 5.41) is 3.53. The molecule has 1 aromatic rings. The molecule has 0 aliphatic heterocycles. The van der Waals surface area contributed by atoms with Crippen molar-refractivity contribution in [2.24, 2.45) is 5.73 Å². The zero-order chi connectivity index (χ0) is 9.97. The van der Waals surface area contributed by atoms with Crippen LogP contribution in [-0.4, -0.2) is 12.1 Å². The molecule has 0 spiro atoms. The highest BCUT2D eigenvalue weighted by molar-refractivity contribution is 5.25. The molecule has 0 unspecified atom stereocenters. The first-order valence-electron chi connectivity index (χ1n) is 5.29. The number of benzene rings is 1. The molecule has 0 radical (unpaired) electrons. The van der Waals surface area contributed by atoms with Crippen LogP contribution in [0.15, 0.2) is 24.3 Å². The zero-order valence-electron chi connectivity index (χ0n) is 8.66. The Hall–Kier alpha value is -0.860. The number of rotatable bonds is 3. The number of hydrogen-bond acceptors (Lipinski definition) is 2. The van der Waals surface area contributed by atoms with Gasteiger partial charge in [-0.25, -0.2) is 0 Å². The predicted octanol–water partition coefficient (Wildman–Crippen LogP) is 1.57. The highest BCUT2D eigenvalue weighted by Crippen LogP contribution is 2.18. The van der Waals surface area contributed by atoms with Crippen molar-refractivity contribution in [3.63, 3.8) is 0 Å². The van der Waals surface area contributed by atoms with E-state index < -0.39 is 0 Å². The maximum absolute atomic E-state index is 5.73. The van der Waals surface area contributed by atoms with Crippen LogP contribution in [0.2, 0.25) is 0 Å². The van der Waals surface area contributed by atoms with Gasteiger partial charge in [0, 0.05) is 18.6 Å². The monoisotopic (exact) mass is 190 g/mol. The van der Waals surface area contributed by atoms with Gasteiger partial charge >= 0.3 is 0 Å². The van der Waals surface area contributed by atoms with Crippen LogP contribution >= 0.6 is 0 Å². The summed E-state index contributed by atoms with van der Waals surface area (Å²) in [6.45, 7) is 3.13. The first-order chi connectivity index (χ1) is 6.75. The van der Waals surface area contributed by atoms with Gasteiger partial charge in [0.1, 0.15) is 0 Å². The average Bonchev–Trinajstić information content (AvgIpc) is 2.13. The molecular weight excluding hydrogens is 172 g/mol. The topological polar surface area (TPSA) is 38.0 Å². The third kappa shape index (κ3) is 2.14. The summed E-state index contributed by atoms with van der Waals surface area (Å²) in [4.78, 5) is 0. The minimum Gasteiger partial charge on any atom is -0.328 e. The lowest BCUT2D eigenvalue weighted by Gasteiger charge is -2.33. The second-order valence-electron chi connectivity index (χ2n) is 4.24. The third-order valence-corrected chi connectivity index (χ3v) is 3.02. The minimum absolute atomic E-state index is 0.435. The van der Waals surface area contributed by atoms with E-state index in [1.165, 1.54) is 11.1 Å². The van der Waals surface area contributed by atoms with Gasteiger partial charge in [0.15, 0.2) is 0 Å². The summed E-state index contributed by atoms with van der Waals surface area (Å²) in [5.74, 6) is 0. The lowest BCUT2D eigenvalue weighted by molar-refractivity contribution is 0.290. The Balaban J connectivity index is 1.83. The zero-order valence-corrected chi connectivity index (χ0v) is 8.66. The molecule has 14 heavy (non-hydrogen) atoms. The van der Waals surface area contributed by atoms with Gasteiger partial charge in [0.25, 0.3) is 0 Å². The first-order valence-corrected chi connectivity index (χ1v) is 5.29. The number of nitrogens with two attached hydrogens (primary N) is 1. The van der Waals surface area contributed by atoms with Crippen LogP contribution in [0, 0.1) is 6.92 Å². The van der Waals surface area contributed by atoms with E-state index in [9.17, 15) is 0 Å². The Labute approximate surface area is 85.5 Å². The molecule has 1 fully saturated rings. The van der Waals surface area contributed by atoms with Crippen LogP contribution in [-0.2, 0) is 6.54 Å². The lowest BCUT2D eigenvalue weighted by atomic mass is 9.87. The van der Waals surface area contributed by atoms with E-state index in [1.54, 1.807) is 0 Å². The largest absolute Gasteiger partial charge is 0.328 e. The molecular formula is C12H18N2. The summed E-state index contributed by atoms with van der Waals surface area (Å²) < 4.78 is 0. The van der Waals surface area contributed by atoms with E-state index in [2.05, 4.69) is 36.5 Å². The van der Waals surface area contributed by atoms with Crippen molar-refractivity contribution >= 4 is 0 Å². The van der Waals surface area contributed by atoms with E-state index in [-0.39, 0.29) is 0 Å². The quantitative estimate of drug-likeness (QED) is 0.759. The van der Waals surface area contributed by atoms with Crippen LogP contribution in [0.3, 0.4) is 0 Å². The fraction of sp³-hybridized carbons (Fsp3) is 0.500. The molecule has 0 heterocycles. The molecule has 0 amide bonds. The van der Waals surface area contributed by atoms with Gasteiger partial charge in [-0.3, -0.25) is 0 Å². The molecule has 76 valence electrons. The molecule has 2 nitrogen and oxygen atoms in total. The highest BCUT2D eigenvalue weighted by Gasteiger charge is 2.24. The van der Waals surface area contributed by atoms with Gasteiger partial charge in [-0.1, -0.05) is 24.3 Å². The Morgan fingerprint density at radius 3 is 2.71 bits per heavy atom. The van der Waals surface area contributed by atoms with E-state index >= 15 is 0 Å². The number of nitrogens with one attached hydrogen (secondary N) is 1. The summed E-state index contributed by atoms with van der Waals surface area (Å²) in [7, 11) is 0. The normalized spacial score (nSPS) is 25.9. The maximum atomic E-state index is 5.73. The molecule has 3 N–H and O–H groups in total. The third-order valence-electron chi connectivity index (χ3n) is 3.02. The molecule has 2 rings (SSSR count). The molecule has 0 atom stereocenters. The molecule has 0 bridgehead atoms. The average molecular weight is 190 g/mol. The van der Waals surface area contributed by atoms with Crippen molar-refractivity contribution in [2.45, 2.75) is 38.4 Å². The molecule has 1 saturated carbocycles. The molecule has 2 heteroatoms. The maximum Gasteiger partial charge on any atom is 0.0210 e. The van der Waals surface area contributed by atoms with Gasteiger partial charge in [-0.2, -0.15) is 0 Å². The first kappa shape index (κ1) is 9.69. The van der Waals surface area contributed by atoms with Crippen molar-refractivity contribution in [2.75, 3.05) is 0 Å². The van der Waals surface area contributed by atoms with Crippen LogP contribution < -0.4 is 11.1 Å². The van der Waals surface area contributed by atoms with Crippen molar-refractivity contribution in [1.82, 2.24) is 5.32 Å². The Morgan fingerprint density at radius 2 is 2.07 bits per heavy atom. The second-order valence-corrected chi connectivity index (χ2v) is 4.24. The molecule has 0 saturated heterocycles. The lowest BCUT2D eigenvalue weighted by Crippen LogP contribution is -2.48. The summed E-state index contributed by atoms with van der Waals surface area (Å²) in [6.07, 6.45) is 2.26. The number of aryl methyl sites for hydroxylation is 1. The SMILES string of the molecule is Cc1ccccc1CNC1CC(N)C1. The van der Waals surface area contributed by atoms with E-state index in [1.807, 2.05) is 0 Å². The molecule has 0 aromatic heterocycles. The summed E-state index contributed by atoms with van der Waals surface area (Å²) >= 11 is 0. The predicted molar refractivity (Wildman–Crippen MR) is 59.0 cm³/mol. The standard InChI is InChI=1S/C12H18N2/c1-9-4-2-3-5-10(9)8-14-12-6-11(13)7-12/h2-5,11-12,14H,6-8,13H2,1H3. The van der Waals surface area contributed by atoms with E-state index in [0.29, 0.717) is 12.1 Å². The minimum atomic E-state index is 0.435. The van der Waals surface area contributed by atoms with Gasteiger partial charge in [-0.15, -0.1) is 0 Å². The highest BCUT2D eigenvalue weighted by atomic mass is 14.9. The Kier molecular flexibility index (Phi) is 2.85. The van der Waals surface area contributed by atoms with Gasteiger partial charge < -0.3 is 11.1 Å². The van der Waals surface area contributed by atoms with Crippen LogP contribution in [0.1, 0.15) is 24.0 Å². The summed E-state index contributed by atoms with van der Waals surface area (Å²) in [5.41, 5.74) is 8.49. The fourth-order valence-corrected chi connectivity index (χ4v) is 1.89. The fourth-order valence-electron chi connectivity index (χ4n) is 1.89. The summed E-state index contributed by atoms with van der Waals surface area (Å²) in [6, 6.07) is 9.59. The van der Waals surface area contributed by atoms with Crippen molar-refractivity contribution < 1.29 is 0 Å². The van der Waals surface area contributed by atoms with Crippen LogP contribution in [0.25, 0.3) is 0 Å². The van der Waals surface area contributed by atoms with Crippen molar-refractivity contribution in [3.05, 3.63) is 35.4 Å².